The van der Waals surface area contributed by atoms with Gasteiger partial charge in [-0.05, 0) is 32.7 Å². The first-order chi connectivity index (χ1) is 6.74. The highest BCUT2D eigenvalue weighted by molar-refractivity contribution is 4.65. The van der Waals surface area contributed by atoms with E-state index in [0.717, 1.165) is 32.6 Å². The van der Waals surface area contributed by atoms with Crippen molar-refractivity contribution < 1.29 is 9.84 Å². The fourth-order valence-corrected chi connectivity index (χ4v) is 1.35. The summed E-state index contributed by atoms with van der Waals surface area (Å²) in [6.07, 6.45) is 2.01. The van der Waals surface area contributed by atoms with Gasteiger partial charge in [-0.2, -0.15) is 0 Å². The molecule has 0 spiro atoms. The van der Waals surface area contributed by atoms with Gasteiger partial charge in [0.1, 0.15) is 0 Å². The van der Waals surface area contributed by atoms with Gasteiger partial charge in [0.2, 0.25) is 0 Å². The first kappa shape index (κ1) is 13.9. The van der Waals surface area contributed by atoms with Crippen molar-refractivity contribution in [2.75, 3.05) is 26.4 Å². The van der Waals surface area contributed by atoms with Gasteiger partial charge in [0, 0.05) is 19.3 Å². The van der Waals surface area contributed by atoms with Gasteiger partial charge in [-0.25, -0.2) is 0 Å². The molecule has 14 heavy (non-hydrogen) atoms. The van der Waals surface area contributed by atoms with Crippen LogP contribution in [0.1, 0.15) is 33.6 Å². The molecule has 0 aliphatic carbocycles. The van der Waals surface area contributed by atoms with E-state index in [2.05, 4.69) is 19.2 Å². The summed E-state index contributed by atoms with van der Waals surface area (Å²) in [6.45, 7) is 9.11. The molecule has 0 aliphatic heterocycles. The number of rotatable bonds is 9. The molecule has 0 bridgehead atoms. The van der Waals surface area contributed by atoms with Crippen molar-refractivity contribution >= 4 is 0 Å². The number of hydrogen-bond donors (Lipinski definition) is 2. The standard InChI is InChI=1S/C11H25NO2/c1-4-11(6-7-13)8-12-10(3)9-14-5-2/h10-13H,4-9H2,1-3H3. The molecule has 0 radical (unpaired) electrons. The Hall–Kier alpha value is -0.120. The van der Waals surface area contributed by atoms with Crippen LogP contribution in [0.25, 0.3) is 0 Å². The van der Waals surface area contributed by atoms with E-state index >= 15 is 0 Å². The Bertz CT molecular complexity index is 120. The van der Waals surface area contributed by atoms with Crippen LogP contribution >= 0.6 is 0 Å². The first-order valence-electron chi connectivity index (χ1n) is 5.66. The summed E-state index contributed by atoms with van der Waals surface area (Å²) < 4.78 is 5.31. The van der Waals surface area contributed by atoms with Gasteiger partial charge in [-0.3, -0.25) is 0 Å². The van der Waals surface area contributed by atoms with E-state index in [-0.39, 0.29) is 0 Å². The molecular formula is C11H25NO2. The van der Waals surface area contributed by atoms with E-state index in [9.17, 15) is 0 Å². The number of aliphatic hydroxyl groups excluding tert-OH is 1. The van der Waals surface area contributed by atoms with Crippen LogP contribution in [0.5, 0.6) is 0 Å². The zero-order valence-electron chi connectivity index (χ0n) is 9.75. The van der Waals surface area contributed by atoms with Gasteiger partial charge in [0.05, 0.1) is 6.61 Å². The molecule has 2 unspecified atom stereocenters. The molecule has 0 heterocycles. The maximum Gasteiger partial charge on any atom is 0.0616 e. The van der Waals surface area contributed by atoms with Crippen molar-refractivity contribution in [1.82, 2.24) is 5.32 Å². The Kier molecular flexibility index (Phi) is 9.35. The van der Waals surface area contributed by atoms with E-state index in [1.54, 1.807) is 0 Å². The Morgan fingerprint density at radius 3 is 2.57 bits per heavy atom. The minimum absolute atomic E-state index is 0.292. The Labute approximate surface area is 87.8 Å². The van der Waals surface area contributed by atoms with E-state index < -0.39 is 0 Å². The highest BCUT2D eigenvalue weighted by atomic mass is 16.5. The molecule has 0 saturated carbocycles. The zero-order chi connectivity index (χ0) is 10.8. The molecule has 3 heteroatoms. The predicted octanol–water partition coefficient (Wildman–Crippen LogP) is 1.41. The molecule has 0 aromatic heterocycles. The second kappa shape index (κ2) is 9.44. The van der Waals surface area contributed by atoms with Gasteiger partial charge >= 0.3 is 0 Å². The molecule has 0 amide bonds. The van der Waals surface area contributed by atoms with Gasteiger partial charge in [0.15, 0.2) is 0 Å². The van der Waals surface area contributed by atoms with Gasteiger partial charge in [0.25, 0.3) is 0 Å². The van der Waals surface area contributed by atoms with Crippen LogP contribution in [-0.4, -0.2) is 37.5 Å². The number of aliphatic hydroxyl groups is 1. The van der Waals surface area contributed by atoms with Gasteiger partial charge in [-0.1, -0.05) is 13.3 Å². The van der Waals surface area contributed by atoms with E-state index in [4.69, 9.17) is 9.84 Å². The average Bonchev–Trinajstić information content (AvgIpc) is 2.21. The third-order valence-corrected chi connectivity index (χ3v) is 2.44. The van der Waals surface area contributed by atoms with Crippen molar-refractivity contribution in [3.8, 4) is 0 Å². The molecular weight excluding hydrogens is 178 g/mol. The molecule has 0 fully saturated rings. The molecule has 0 saturated heterocycles. The van der Waals surface area contributed by atoms with Crippen LogP contribution in [0.3, 0.4) is 0 Å². The Morgan fingerprint density at radius 1 is 1.36 bits per heavy atom. The SMILES string of the molecule is CCOCC(C)NCC(CC)CCO. The van der Waals surface area contributed by atoms with Crippen LogP contribution in [0, 0.1) is 5.92 Å². The summed E-state index contributed by atoms with van der Waals surface area (Å²) >= 11 is 0. The molecule has 2 atom stereocenters. The summed E-state index contributed by atoms with van der Waals surface area (Å²) in [4.78, 5) is 0. The summed E-state index contributed by atoms with van der Waals surface area (Å²) in [5, 5.41) is 12.2. The maximum absolute atomic E-state index is 8.82. The minimum Gasteiger partial charge on any atom is -0.396 e. The highest BCUT2D eigenvalue weighted by Gasteiger charge is 2.07. The Balaban J connectivity index is 3.46. The fraction of sp³-hybridized carbons (Fsp3) is 1.00. The van der Waals surface area contributed by atoms with Crippen LogP contribution in [0.4, 0.5) is 0 Å². The summed E-state index contributed by atoms with van der Waals surface area (Å²) in [5.74, 6) is 0.587. The summed E-state index contributed by atoms with van der Waals surface area (Å²) in [6, 6.07) is 0.405. The first-order valence-corrected chi connectivity index (χ1v) is 5.66. The molecule has 86 valence electrons. The monoisotopic (exact) mass is 203 g/mol. The van der Waals surface area contributed by atoms with Crippen LogP contribution in [0.15, 0.2) is 0 Å². The lowest BCUT2D eigenvalue weighted by molar-refractivity contribution is 0.125. The lowest BCUT2D eigenvalue weighted by Crippen LogP contribution is -2.34. The van der Waals surface area contributed by atoms with Crippen molar-refractivity contribution in [2.45, 2.75) is 39.7 Å². The Morgan fingerprint density at radius 2 is 2.07 bits per heavy atom. The van der Waals surface area contributed by atoms with E-state index in [1.807, 2.05) is 6.92 Å². The fourth-order valence-electron chi connectivity index (χ4n) is 1.35. The molecule has 0 aromatic carbocycles. The van der Waals surface area contributed by atoms with Crippen molar-refractivity contribution in [3.05, 3.63) is 0 Å². The summed E-state index contributed by atoms with van der Waals surface area (Å²) in [5.41, 5.74) is 0. The van der Waals surface area contributed by atoms with E-state index in [1.165, 1.54) is 0 Å². The van der Waals surface area contributed by atoms with E-state index in [0.29, 0.717) is 18.6 Å². The lowest BCUT2D eigenvalue weighted by Gasteiger charge is -2.18. The van der Waals surface area contributed by atoms with Crippen molar-refractivity contribution in [3.63, 3.8) is 0 Å². The molecule has 2 N–H and O–H groups in total. The molecule has 3 nitrogen and oxygen atoms in total. The molecule has 0 aliphatic rings. The smallest absolute Gasteiger partial charge is 0.0616 e. The van der Waals surface area contributed by atoms with Crippen molar-refractivity contribution in [2.24, 2.45) is 5.92 Å². The minimum atomic E-state index is 0.292. The normalized spacial score (nSPS) is 15.4. The number of ether oxygens (including phenoxy) is 1. The van der Waals surface area contributed by atoms with Crippen LogP contribution < -0.4 is 5.32 Å². The van der Waals surface area contributed by atoms with Crippen LogP contribution in [0.2, 0.25) is 0 Å². The second-order valence-corrected chi connectivity index (χ2v) is 3.76. The average molecular weight is 203 g/mol. The predicted molar refractivity (Wildman–Crippen MR) is 59.4 cm³/mol. The van der Waals surface area contributed by atoms with Crippen LogP contribution in [-0.2, 0) is 4.74 Å². The largest absolute Gasteiger partial charge is 0.396 e. The lowest BCUT2D eigenvalue weighted by atomic mass is 10.0. The molecule has 0 rings (SSSR count). The topological polar surface area (TPSA) is 41.5 Å². The quantitative estimate of drug-likeness (QED) is 0.595. The third-order valence-electron chi connectivity index (χ3n) is 2.44. The van der Waals surface area contributed by atoms with Gasteiger partial charge in [-0.15, -0.1) is 0 Å². The zero-order valence-corrected chi connectivity index (χ0v) is 9.75. The molecule has 0 aromatic rings. The number of hydrogen-bond acceptors (Lipinski definition) is 3. The highest BCUT2D eigenvalue weighted by Crippen LogP contribution is 2.05. The second-order valence-electron chi connectivity index (χ2n) is 3.76. The maximum atomic E-state index is 8.82. The van der Waals surface area contributed by atoms with Gasteiger partial charge < -0.3 is 15.2 Å². The number of nitrogens with one attached hydrogen (secondary N) is 1. The third kappa shape index (κ3) is 7.30. The van der Waals surface area contributed by atoms with Crippen molar-refractivity contribution in [1.29, 1.82) is 0 Å². The summed E-state index contributed by atoms with van der Waals surface area (Å²) in [7, 11) is 0.